The van der Waals surface area contributed by atoms with Crippen LogP contribution in [0.3, 0.4) is 0 Å². The Morgan fingerprint density at radius 2 is 1.83 bits per heavy atom. The van der Waals surface area contributed by atoms with E-state index in [9.17, 15) is 0 Å². The van der Waals surface area contributed by atoms with E-state index < -0.39 is 8.07 Å². The molecule has 1 aromatic carbocycles. The molecule has 0 aliphatic heterocycles. The van der Waals surface area contributed by atoms with Crippen LogP contribution >= 0.6 is 0 Å². The first-order chi connectivity index (χ1) is 5.67. The number of benzene rings is 1. The zero-order chi connectivity index (χ0) is 9.03. The molecule has 0 N–H and O–H groups in total. The minimum atomic E-state index is -1.10. The summed E-state index contributed by atoms with van der Waals surface area (Å²) in [6.45, 7) is 7.14. The van der Waals surface area contributed by atoms with Crippen molar-refractivity contribution in [2.45, 2.75) is 32.5 Å². The van der Waals surface area contributed by atoms with Gasteiger partial charge in [0.15, 0.2) is 0 Å². The molecule has 0 unspecified atom stereocenters. The maximum absolute atomic E-state index is 3.07. The summed E-state index contributed by atoms with van der Waals surface area (Å²) in [5, 5.41) is 1.56. The van der Waals surface area contributed by atoms with E-state index in [1.807, 2.05) is 12.1 Å². The molecule has 0 saturated heterocycles. The van der Waals surface area contributed by atoms with E-state index in [2.05, 4.69) is 38.2 Å². The van der Waals surface area contributed by atoms with Gasteiger partial charge >= 0.3 is 0 Å². The van der Waals surface area contributed by atoms with Gasteiger partial charge in [0.2, 0.25) is 0 Å². The first-order valence-corrected chi connectivity index (χ1v) is 7.84. The molecule has 12 heavy (non-hydrogen) atoms. The van der Waals surface area contributed by atoms with Crippen molar-refractivity contribution in [3.8, 4) is 0 Å². The molecule has 1 heteroatoms. The van der Waals surface area contributed by atoms with Crippen molar-refractivity contribution in [2.24, 2.45) is 0 Å². The van der Waals surface area contributed by atoms with Crippen LogP contribution in [-0.2, 0) is 0 Å². The molecule has 0 nitrogen and oxygen atoms in total. The smallest absolute Gasteiger partial charge is 0.0656 e. The summed E-state index contributed by atoms with van der Waals surface area (Å²) >= 11 is 0. The Hall–Kier alpha value is -0.563. The van der Waals surface area contributed by atoms with Crippen LogP contribution in [0, 0.1) is 6.07 Å². The van der Waals surface area contributed by atoms with Crippen LogP contribution in [0.1, 0.15) is 13.3 Å². The Morgan fingerprint density at radius 3 is 2.33 bits per heavy atom. The van der Waals surface area contributed by atoms with Crippen LogP contribution in [0.25, 0.3) is 0 Å². The first kappa shape index (κ1) is 9.52. The summed E-state index contributed by atoms with van der Waals surface area (Å²) in [7, 11) is -1.10. The van der Waals surface area contributed by atoms with Crippen LogP contribution in [0.5, 0.6) is 0 Å². The molecule has 0 aromatic heterocycles. The fourth-order valence-corrected chi connectivity index (χ4v) is 4.22. The van der Waals surface area contributed by atoms with Crippen LogP contribution in [0.2, 0.25) is 19.1 Å². The van der Waals surface area contributed by atoms with E-state index in [1.54, 1.807) is 5.19 Å². The highest BCUT2D eigenvalue weighted by atomic mass is 28.3. The van der Waals surface area contributed by atoms with Crippen molar-refractivity contribution in [2.75, 3.05) is 0 Å². The Balaban J connectivity index is 2.82. The second kappa shape index (κ2) is 3.90. The van der Waals surface area contributed by atoms with Crippen LogP contribution in [-0.4, -0.2) is 8.07 Å². The number of hydrogen-bond donors (Lipinski definition) is 0. The molecule has 0 aliphatic carbocycles. The highest BCUT2D eigenvalue weighted by molar-refractivity contribution is 6.89. The Morgan fingerprint density at radius 1 is 1.25 bits per heavy atom. The maximum atomic E-state index is 3.07. The normalized spacial score (nSPS) is 11.6. The van der Waals surface area contributed by atoms with Gasteiger partial charge in [-0.2, -0.15) is 0 Å². The Kier molecular flexibility index (Phi) is 3.10. The van der Waals surface area contributed by atoms with Gasteiger partial charge in [-0.1, -0.05) is 61.9 Å². The summed E-state index contributed by atoms with van der Waals surface area (Å²) in [5.41, 5.74) is 0. The lowest BCUT2D eigenvalue weighted by atomic mass is 10.4. The summed E-state index contributed by atoms with van der Waals surface area (Å²) in [5.74, 6) is 0. The molecule has 0 saturated carbocycles. The van der Waals surface area contributed by atoms with E-state index in [0.29, 0.717) is 0 Å². The average Bonchev–Trinajstić information content (AvgIpc) is 2.06. The predicted molar refractivity (Wildman–Crippen MR) is 57.5 cm³/mol. The van der Waals surface area contributed by atoms with E-state index >= 15 is 0 Å². The molecule has 0 spiro atoms. The molecule has 1 rings (SSSR count). The van der Waals surface area contributed by atoms with E-state index in [0.717, 1.165) is 0 Å². The van der Waals surface area contributed by atoms with Gasteiger partial charge in [-0.25, -0.2) is 0 Å². The standard InChI is InChI=1S/C11H17Si/c1-4-10-12(2,3)11-8-6-5-7-9-11/h6-9H,4,10H2,1-3H3. The molecular weight excluding hydrogens is 160 g/mol. The highest BCUT2D eigenvalue weighted by Gasteiger charge is 2.20. The van der Waals surface area contributed by atoms with Crippen molar-refractivity contribution >= 4 is 13.3 Å². The van der Waals surface area contributed by atoms with Crippen molar-refractivity contribution in [1.82, 2.24) is 0 Å². The van der Waals surface area contributed by atoms with Gasteiger partial charge < -0.3 is 0 Å². The Labute approximate surface area is 76.6 Å². The first-order valence-electron chi connectivity index (χ1n) is 4.63. The Bertz CT molecular complexity index is 226. The zero-order valence-electron chi connectivity index (χ0n) is 8.22. The molecule has 0 atom stereocenters. The second-order valence-corrected chi connectivity index (χ2v) is 8.77. The fourth-order valence-electron chi connectivity index (χ4n) is 1.61. The fraction of sp³-hybridized carbons (Fsp3) is 0.455. The van der Waals surface area contributed by atoms with Gasteiger partial charge in [-0.15, -0.1) is 0 Å². The lowest BCUT2D eigenvalue weighted by molar-refractivity contribution is 1.05. The predicted octanol–water partition coefficient (Wildman–Crippen LogP) is 2.81. The molecule has 0 amide bonds. The van der Waals surface area contributed by atoms with E-state index in [-0.39, 0.29) is 0 Å². The van der Waals surface area contributed by atoms with Gasteiger partial charge in [-0.05, 0) is 6.07 Å². The van der Waals surface area contributed by atoms with Gasteiger partial charge in [0.05, 0.1) is 8.07 Å². The molecule has 65 valence electrons. The highest BCUT2D eigenvalue weighted by Crippen LogP contribution is 2.11. The quantitative estimate of drug-likeness (QED) is 0.623. The molecule has 0 aliphatic rings. The van der Waals surface area contributed by atoms with Gasteiger partial charge in [0.1, 0.15) is 0 Å². The lowest BCUT2D eigenvalue weighted by Gasteiger charge is -2.21. The third-order valence-electron chi connectivity index (χ3n) is 2.37. The molecule has 1 radical (unpaired) electrons. The van der Waals surface area contributed by atoms with Gasteiger partial charge in [-0.3, -0.25) is 0 Å². The molecular formula is C11H17Si. The zero-order valence-corrected chi connectivity index (χ0v) is 9.22. The summed E-state index contributed by atoms with van der Waals surface area (Å²) < 4.78 is 0. The van der Waals surface area contributed by atoms with E-state index in [1.165, 1.54) is 12.5 Å². The minimum Gasteiger partial charge on any atom is -0.0656 e. The van der Waals surface area contributed by atoms with Crippen LogP contribution < -0.4 is 5.19 Å². The monoisotopic (exact) mass is 177 g/mol. The van der Waals surface area contributed by atoms with Crippen LogP contribution in [0.15, 0.2) is 24.3 Å². The SMILES string of the molecule is CCC[Si](C)(C)c1cc[c]cc1. The third-order valence-corrected chi connectivity index (χ3v) is 6.02. The topological polar surface area (TPSA) is 0 Å². The van der Waals surface area contributed by atoms with E-state index in [4.69, 9.17) is 0 Å². The number of hydrogen-bond acceptors (Lipinski definition) is 0. The summed E-state index contributed by atoms with van der Waals surface area (Å²) in [4.78, 5) is 0. The van der Waals surface area contributed by atoms with Crippen molar-refractivity contribution in [3.05, 3.63) is 30.3 Å². The molecule has 0 heterocycles. The molecule has 0 bridgehead atoms. The lowest BCUT2D eigenvalue weighted by Crippen LogP contribution is -2.40. The van der Waals surface area contributed by atoms with Crippen LogP contribution in [0.4, 0.5) is 0 Å². The average molecular weight is 177 g/mol. The second-order valence-electron chi connectivity index (χ2n) is 3.92. The van der Waals surface area contributed by atoms with Gasteiger partial charge in [0.25, 0.3) is 0 Å². The summed E-state index contributed by atoms with van der Waals surface area (Å²) in [6.07, 6.45) is 1.30. The van der Waals surface area contributed by atoms with Crippen molar-refractivity contribution < 1.29 is 0 Å². The third kappa shape index (κ3) is 2.21. The number of rotatable bonds is 3. The largest absolute Gasteiger partial charge is 0.0806 e. The van der Waals surface area contributed by atoms with Crippen molar-refractivity contribution in [1.29, 1.82) is 0 Å². The van der Waals surface area contributed by atoms with Gasteiger partial charge in [0, 0.05) is 0 Å². The molecule has 0 fully saturated rings. The molecule has 1 aromatic rings. The summed E-state index contributed by atoms with van der Waals surface area (Å²) in [6, 6.07) is 13.0. The minimum absolute atomic E-state index is 1.10. The van der Waals surface area contributed by atoms with Crippen molar-refractivity contribution in [3.63, 3.8) is 0 Å². The maximum Gasteiger partial charge on any atom is 0.0806 e.